The number of imidazole rings is 1. The van der Waals surface area contributed by atoms with E-state index in [0.29, 0.717) is 13.0 Å². The standard InChI is InChI=1S/C15H25N3O3/c1-11(2)13(14(20)21-15(3,4)5)17-12(19)6-8-18-9-7-16-10-18/h7,9-11,13H,6,8H2,1-5H3,(H,17,19)/t13-/m1/s1. The van der Waals surface area contributed by atoms with Gasteiger partial charge in [0.2, 0.25) is 5.91 Å². The Balaban J connectivity index is 2.53. The molecule has 0 saturated carbocycles. The predicted molar refractivity (Wildman–Crippen MR) is 79.5 cm³/mol. The number of rotatable bonds is 6. The molecule has 0 spiro atoms. The Labute approximate surface area is 125 Å². The second-order valence-corrected chi connectivity index (χ2v) is 6.37. The number of ether oxygens (including phenoxy) is 1. The summed E-state index contributed by atoms with van der Waals surface area (Å²) in [6, 6.07) is -0.625. The van der Waals surface area contributed by atoms with Crippen LogP contribution in [-0.2, 0) is 20.9 Å². The molecule has 1 aromatic heterocycles. The lowest BCUT2D eigenvalue weighted by Gasteiger charge is -2.26. The molecule has 0 radical (unpaired) electrons. The van der Waals surface area contributed by atoms with Crippen LogP contribution >= 0.6 is 0 Å². The highest BCUT2D eigenvalue weighted by Gasteiger charge is 2.28. The number of carbonyl (C=O) groups excluding carboxylic acids is 2. The molecule has 6 nitrogen and oxygen atoms in total. The molecule has 0 aliphatic rings. The summed E-state index contributed by atoms with van der Waals surface area (Å²) in [5, 5.41) is 2.75. The van der Waals surface area contributed by atoms with E-state index >= 15 is 0 Å². The fraction of sp³-hybridized carbons (Fsp3) is 0.667. The normalized spacial score (nSPS) is 13.0. The summed E-state index contributed by atoms with van der Waals surface area (Å²) in [4.78, 5) is 28.0. The van der Waals surface area contributed by atoms with Crippen molar-refractivity contribution in [2.75, 3.05) is 0 Å². The van der Waals surface area contributed by atoms with E-state index in [9.17, 15) is 9.59 Å². The second kappa shape index (κ2) is 7.24. The molecule has 1 atom stereocenters. The predicted octanol–water partition coefficient (Wildman–Crippen LogP) is 1.76. The van der Waals surface area contributed by atoms with Crippen molar-refractivity contribution in [3.8, 4) is 0 Å². The molecule has 0 unspecified atom stereocenters. The Bertz CT molecular complexity index is 461. The fourth-order valence-corrected chi connectivity index (χ4v) is 1.76. The summed E-state index contributed by atoms with van der Waals surface area (Å²) in [5.74, 6) is -0.598. The van der Waals surface area contributed by atoms with Crippen molar-refractivity contribution in [1.82, 2.24) is 14.9 Å². The van der Waals surface area contributed by atoms with Crippen molar-refractivity contribution < 1.29 is 14.3 Å². The van der Waals surface area contributed by atoms with Gasteiger partial charge in [0.25, 0.3) is 0 Å². The van der Waals surface area contributed by atoms with Crippen LogP contribution in [-0.4, -0.2) is 33.1 Å². The number of nitrogens with one attached hydrogen (secondary N) is 1. The van der Waals surface area contributed by atoms with Crippen molar-refractivity contribution >= 4 is 11.9 Å². The van der Waals surface area contributed by atoms with Crippen LogP contribution < -0.4 is 5.32 Å². The summed E-state index contributed by atoms with van der Waals surface area (Å²) in [5.41, 5.74) is -0.564. The smallest absolute Gasteiger partial charge is 0.329 e. The Morgan fingerprint density at radius 1 is 1.33 bits per heavy atom. The van der Waals surface area contributed by atoms with E-state index in [1.54, 1.807) is 18.7 Å². The van der Waals surface area contributed by atoms with E-state index in [1.165, 1.54) is 0 Å². The zero-order valence-corrected chi connectivity index (χ0v) is 13.4. The van der Waals surface area contributed by atoms with Gasteiger partial charge >= 0.3 is 5.97 Å². The highest BCUT2D eigenvalue weighted by Crippen LogP contribution is 2.12. The first-order valence-electron chi connectivity index (χ1n) is 7.17. The Hall–Kier alpha value is -1.85. The number of aromatic nitrogens is 2. The summed E-state index contributed by atoms with van der Waals surface area (Å²) in [6.45, 7) is 9.72. The molecule has 1 N–H and O–H groups in total. The minimum Gasteiger partial charge on any atom is -0.458 e. The molecule has 0 bridgehead atoms. The maximum atomic E-state index is 12.1. The Morgan fingerprint density at radius 3 is 2.48 bits per heavy atom. The van der Waals surface area contributed by atoms with Crippen LogP contribution in [0.1, 0.15) is 41.0 Å². The highest BCUT2D eigenvalue weighted by molar-refractivity contribution is 5.84. The Morgan fingerprint density at radius 2 is 2.00 bits per heavy atom. The minimum absolute atomic E-state index is 0.0305. The zero-order chi connectivity index (χ0) is 16.0. The average Bonchev–Trinajstić information content (AvgIpc) is 2.83. The third-order valence-electron chi connectivity index (χ3n) is 2.80. The lowest BCUT2D eigenvalue weighted by molar-refractivity contribution is -0.160. The van der Waals surface area contributed by atoms with Gasteiger partial charge in [-0.2, -0.15) is 0 Å². The first kappa shape index (κ1) is 17.2. The van der Waals surface area contributed by atoms with Crippen molar-refractivity contribution in [3.05, 3.63) is 18.7 Å². The number of aryl methyl sites for hydroxylation is 1. The van der Waals surface area contributed by atoms with Gasteiger partial charge in [0.1, 0.15) is 11.6 Å². The summed E-state index contributed by atoms with van der Waals surface area (Å²) in [7, 11) is 0. The van der Waals surface area contributed by atoms with Gasteiger partial charge in [0.05, 0.1) is 6.33 Å². The SMILES string of the molecule is CC(C)[C@@H](NC(=O)CCn1ccnc1)C(=O)OC(C)(C)C. The van der Waals surface area contributed by atoms with E-state index in [-0.39, 0.29) is 11.8 Å². The number of hydrogen-bond donors (Lipinski definition) is 1. The largest absolute Gasteiger partial charge is 0.458 e. The van der Waals surface area contributed by atoms with E-state index in [0.717, 1.165) is 0 Å². The van der Waals surface area contributed by atoms with Gasteiger partial charge in [-0.25, -0.2) is 9.78 Å². The maximum absolute atomic E-state index is 12.1. The molecule has 0 saturated heterocycles. The Kier molecular flexibility index (Phi) is 5.93. The lowest BCUT2D eigenvalue weighted by atomic mass is 10.0. The van der Waals surface area contributed by atoms with Crippen molar-refractivity contribution in [3.63, 3.8) is 0 Å². The van der Waals surface area contributed by atoms with E-state index in [2.05, 4.69) is 10.3 Å². The minimum atomic E-state index is -0.625. The number of hydrogen-bond acceptors (Lipinski definition) is 4. The van der Waals surface area contributed by atoms with Gasteiger partial charge in [0, 0.05) is 25.4 Å². The molecule has 0 aliphatic heterocycles. The second-order valence-electron chi connectivity index (χ2n) is 6.37. The fourth-order valence-electron chi connectivity index (χ4n) is 1.76. The van der Waals surface area contributed by atoms with Gasteiger partial charge in [-0.3, -0.25) is 4.79 Å². The maximum Gasteiger partial charge on any atom is 0.329 e. The molecule has 6 heteroatoms. The molecule has 1 heterocycles. The van der Waals surface area contributed by atoms with Crippen LogP contribution in [0.25, 0.3) is 0 Å². The average molecular weight is 295 g/mol. The van der Waals surface area contributed by atoms with Gasteiger partial charge < -0.3 is 14.6 Å². The van der Waals surface area contributed by atoms with Gasteiger partial charge in [0.15, 0.2) is 0 Å². The van der Waals surface area contributed by atoms with Gasteiger partial charge in [-0.1, -0.05) is 13.8 Å². The zero-order valence-electron chi connectivity index (χ0n) is 13.4. The van der Waals surface area contributed by atoms with E-state index in [4.69, 9.17) is 4.74 Å². The molecule has 0 fully saturated rings. The third kappa shape index (κ3) is 6.42. The van der Waals surface area contributed by atoms with E-state index in [1.807, 2.05) is 39.2 Å². The molecule has 1 aromatic rings. The molecule has 1 rings (SSSR count). The van der Waals surface area contributed by atoms with Crippen LogP contribution in [0, 0.1) is 5.92 Å². The lowest BCUT2D eigenvalue weighted by Crippen LogP contribution is -2.47. The first-order chi connectivity index (χ1) is 9.69. The van der Waals surface area contributed by atoms with Crippen LogP contribution in [0.15, 0.2) is 18.7 Å². The van der Waals surface area contributed by atoms with E-state index < -0.39 is 17.6 Å². The van der Waals surface area contributed by atoms with Gasteiger partial charge in [-0.15, -0.1) is 0 Å². The van der Waals surface area contributed by atoms with Crippen molar-refractivity contribution in [2.45, 2.75) is 59.2 Å². The molecule has 0 aliphatic carbocycles. The number of esters is 1. The topological polar surface area (TPSA) is 73.2 Å². The first-order valence-corrected chi connectivity index (χ1v) is 7.17. The number of amides is 1. The number of carbonyl (C=O) groups is 2. The van der Waals surface area contributed by atoms with Crippen LogP contribution in [0.3, 0.4) is 0 Å². The monoisotopic (exact) mass is 295 g/mol. The van der Waals surface area contributed by atoms with Crippen LogP contribution in [0.4, 0.5) is 0 Å². The molecular formula is C15H25N3O3. The molecular weight excluding hydrogens is 270 g/mol. The summed E-state index contributed by atoms with van der Waals surface area (Å²) < 4.78 is 7.16. The number of nitrogens with zero attached hydrogens (tertiary/aromatic N) is 2. The quantitative estimate of drug-likeness (QED) is 0.812. The summed E-state index contributed by atoms with van der Waals surface area (Å²) >= 11 is 0. The molecule has 0 aromatic carbocycles. The third-order valence-corrected chi connectivity index (χ3v) is 2.80. The molecule has 118 valence electrons. The van der Waals surface area contributed by atoms with Crippen molar-refractivity contribution in [2.24, 2.45) is 5.92 Å². The molecule has 1 amide bonds. The highest BCUT2D eigenvalue weighted by atomic mass is 16.6. The van der Waals surface area contributed by atoms with Crippen LogP contribution in [0.5, 0.6) is 0 Å². The van der Waals surface area contributed by atoms with Crippen LogP contribution in [0.2, 0.25) is 0 Å². The van der Waals surface area contributed by atoms with Crippen molar-refractivity contribution in [1.29, 1.82) is 0 Å². The van der Waals surface area contributed by atoms with Gasteiger partial charge in [-0.05, 0) is 26.7 Å². The molecule has 21 heavy (non-hydrogen) atoms. The summed E-state index contributed by atoms with van der Waals surface area (Å²) in [6.07, 6.45) is 5.40.